The molecule has 21 heavy (non-hydrogen) atoms. The average Bonchev–Trinajstić information content (AvgIpc) is 2.48. The highest BCUT2D eigenvalue weighted by molar-refractivity contribution is 5.40. The van der Waals surface area contributed by atoms with Crippen LogP contribution in [0.4, 0.5) is 0 Å². The van der Waals surface area contributed by atoms with E-state index in [0.29, 0.717) is 11.8 Å². The van der Waals surface area contributed by atoms with E-state index in [2.05, 4.69) is 56.2 Å². The lowest BCUT2D eigenvalue weighted by atomic mass is 10.0. The van der Waals surface area contributed by atoms with Crippen molar-refractivity contribution in [3.63, 3.8) is 0 Å². The summed E-state index contributed by atoms with van der Waals surface area (Å²) in [6.07, 6.45) is 1.86. The Morgan fingerprint density at radius 2 is 2.00 bits per heavy atom. The molecule has 0 aliphatic rings. The fraction of sp³-hybridized carbons (Fsp3) is 0.389. The lowest BCUT2D eigenvalue weighted by molar-refractivity contribution is 0.458. The van der Waals surface area contributed by atoms with Crippen molar-refractivity contribution in [2.24, 2.45) is 0 Å². The predicted octanol–water partition coefficient (Wildman–Crippen LogP) is 4.42. The van der Waals surface area contributed by atoms with Gasteiger partial charge in [0, 0.05) is 18.8 Å². The standard InChI is InChI=1S/C18H24N2O/c1-5-19-11-15-7-9-18(20-12-15)21-17-10-16(13(2)3)8-6-14(17)4/h6-10,12-13,19H,5,11H2,1-4H3. The van der Waals surface area contributed by atoms with Crippen LogP contribution in [0.2, 0.25) is 0 Å². The molecule has 0 amide bonds. The van der Waals surface area contributed by atoms with E-state index in [1.165, 1.54) is 5.56 Å². The Hall–Kier alpha value is -1.87. The minimum absolute atomic E-state index is 0.489. The van der Waals surface area contributed by atoms with Crippen LogP contribution in [0, 0.1) is 6.92 Å². The molecule has 3 heteroatoms. The Kier molecular flexibility index (Phi) is 5.34. The SMILES string of the molecule is CCNCc1ccc(Oc2cc(C(C)C)ccc2C)nc1. The van der Waals surface area contributed by atoms with Crippen LogP contribution < -0.4 is 10.1 Å². The van der Waals surface area contributed by atoms with Gasteiger partial charge in [-0.3, -0.25) is 0 Å². The molecule has 0 fully saturated rings. The van der Waals surface area contributed by atoms with E-state index in [9.17, 15) is 0 Å². The van der Waals surface area contributed by atoms with Crippen LogP contribution in [0.25, 0.3) is 0 Å². The molecule has 3 nitrogen and oxygen atoms in total. The largest absolute Gasteiger partial charge is 0.439 e. The second-order valence-electron chi connectivity index (χ2n) is 5.57. The second kappa shape index (κ2) is 7.23. The molecule has 0 radical (unpaired) electrons. The summed E-state index contributed by atoms with van der Waals surface area (Å²) in [6.45, 7) is 10.3. The van der Waals surface area contributed by atoms with E-state index in [1.54, 1.807) is 0 Å². The molecule has 0 atom stereocenters. The zero-order valence-corrected chi connectivity index (χ0v) is 13.3. The lowest BCUT2D eigenvalue weighted by Crippen LogP contribution is -2.11. The van der Waals surface area contributed by atoms with E-state index in [1.807, 2.05) is 18.3 Å². The summed E-state index contributed by atoms with van der Waals surface area (Å²) in [5.74, 6) is 2.01. The number of benzene rings is 1. The molecule has 1 aromatic carbocycles. The van der Waals surface area contributed by atoms with Crippen LogP contribution in [0.15, 0.2) is 36.5 Å². The van der Waals surface area contributed by atoms with E-state index in [-0.39, 0.29) is 0 Å². The average molecular weight is 284 g/mol. The summed E-state index contributed by atoms with van der Waals surface area (Å²) in [7, 11) is 0. The Balaban J connectivity index is 2.12. The molecule has 0 saturated heterocycles. The zero-order valence-electron chi connectivity index (χ0n) is 13.3. The molecule has 1 N–H and O–H groups in total. The zero-order chi connectivity index (χ0) is 15.2. The smallest absolute Gasteiger partial charge is 0.219 e. The number of aromatic nitrogens is 1. The van der Waals surface area contributed by atoms with Crippen molar-refractivity contribution < 1.29 is 4.74 Å². The summed E-state index contributed by atoms with van der Waals surface area (Å²) >= 11 is 0. The molecule has 1 heterocycles. The van der Waals surface area contributed by atoms with Crippen molar-refractivity contribution in [2.75, 3.05) is 6.54 Å². The van der Waals surface area contributed by atoms with Gasteiger partial charge in [0.1, 0.15) is 5.75 Å². The van der Waals surface area contributed by atoms with Crippen molar-refractivity contribution in [1.29, 1.82) is 0 Å². The first-order chi connectivity index (χ1) is 10.1. The van der Waals surface area contributed by atoms with Crippen molar-refractivity contribution >= 4 is 0 Å². The number of ether oxygens (including phenoxy) is 1. The van der Waals surface area contributed by atoms with Gasteiger partial charge in [0.15, 0.2) is 0 Å². The van der Waals surface area contributed by atoms with Gasteiger partial charge in [0.2, 0.25) is 5.88 Å². The normalized spacial score (nSPS) is 10.9. The minimum atomic E-state index is 0.489. The van der Waals surface area contributed by atoms with Gasteiger partial charge in [-0.1, -0.05) is 39.0 Å². The lowest BCUT2D eigenvalue weighted by Gasteiger charge is -2.12. The Morgan fingerprint density at radius 3 is 2.62 bits per heavy atom. The molecule has 2 aromatic rings. The van der Waals surface area contributed by atoms with Crippen LogP contribution in [-0.4, -0.2) is 11.5 Å². The number of hydrogen-bond donors (Lipinski definition) is 1. The molecular formula is C18H24N2O. The van der Waals surface area contributed by atoms with Gasteiger partial charge in [0.25, 0.3) is 0 Å². The Morgan fingerprint density at radius 1 is 1.19 bits per heavy atom. The van der Waals surface area contributed by atoms with E-state index < -0.39 is 0 Å². The number of aryl methyl sites for hydroxylation is 1. The number of pyridine rings is 1. The van der Waals surface area contributed by atoms with Gasteiger partial charge in [0.05, 0.1) is 0 Å². The molecule has 0 spiro atoms. The molecule has 0 saturated carbocycles. The minimum Gasteiger partial charge on any atom is -0.439 e. The third kappa shape index (κ3) is 4.30. The highest BCUT2D eigenvalue weighted by Crippen LogP contribution is 2.27. The van der Waals surface area contributed by atoms with Gasteiger partial charge in [-0.25, -0.2) is 4.98 Å². The monoisotopic (exact) mass is 284 g/mol. The molecule has 0 aliphatic carbocycles. The van der Waals surface area contributed by atoms with Crippen molar-refractivity contribution in [3.8, 4) is 11.6 Å². The molecule has 112 valence electrons. The topological polar surface area (TPSA) is 34.1 Å². The summed E-state index contributed by atoms with van der Waals surface area (Å²) in [6, 6.07) is 10.3. The maximum absolute atomic E-state index is 5.93. The van der Waals surface area contributed by atoms with Crippen LogP contribution in [0.3, 0.4) is 0 Å². The van der Waals surface area contributed by atoms with Crippen LogP contribution in [0.5, 0.6) is 11.6 Å². The first kappa shape index (κ1) is 15.5. The first-order valence-corrected chi connectivity index (χ1v) is 7.54. The molecule has 0 unspecified atom stereocenters. The van der Waals surface area contributed by atoms with Crippen LogP contribution >= 0.6 is 0 Å². The van der Waals surface area contributed by atoms with Gasteiger partial charge < -0.3 is 10.1 Å². The number of nitrogens with zero attached hydrogens (tertiary/aromatic N) is 1. The van der Waals surface area contributed by atoms with Crippen LogP contribution in [0.1, 0.15) is 43.4 Å². The molecular weight excluding hydrogens is 260 g/mol. The van der Waals surface area contributed by atoms with Crippen molar-refractivity contribution in [1.82, 2.24) is 10.3 Å². The summed E-state index contributed by atoms with van der Waals surface area (Å²) < 4.78 is 5.93. The number of hydrogen-bond acceptors (Lipinski definition) is 3. The van der Waals surface area contributed by atoms with E-state index >= 15 is 0 Å². The van der Waals surface area contributed by atoms with Gasteiger partial charge in [-0.2, -0.15) is 0 Å². The summed E-state index contributed by atoms with van der Waals surface area (Å²) in [5, 5.41) is 3.28. The third-order valence-electron chi connectivity index (χ3n) is 3.47. The van der Waals surface area contributed by atoms with Gasteiger partial charge in [-0.05, 0) is 42.1 Å². The first-order valence-electron chi connectivity index (χ1n) is 7.54. The second-order valence-corrected chi connectivity index (χ2v) is 5.57. The fourth-order valence-electron chi connectivity index (χ4n) is 2.04. The molecule has 2 rings (SSSR count). The maximum Gasteiger partial charge on any atom is 0.219 e. The predicted molar refractivity (Wildman–Crippen MR) is 87.0 cm³/mol. The molecule has 0 bridgehead atoms. The van der Waals surface area contributed by atoms with Crippen LogP contribution in [-0.2, 0) is 6.54 Å². The van der Waals surface area contributed by atoms with E-state index in [0.717, 1.165) is 30.0 Å². The van der Waals surface area contributed by atoms with E-state index in [4.69, 9.17) is 4.74 Å². The highest BCUT2D eigenvalue weighted by Gasteiger charge is 2.06. The summed E-state index contributed by atoms with van der Waals surface area (Å²) in [5.41, 5.74) is 3.56. The molecule has 0 aliphatic heterocycles. The van der Waals surface area contributed by atoms with Gasteiger partial charge >= 0.3 is 0 Å². The quantitative estimate of drug-likeness (QED) is 0.853. The third-order valence-corrected chi connectivity index (χ3v) is 3.47. The Labute approximate surface area is 127 Å². The molecule has 1 aromatic heterocycles. The fourth-order valence-corrected chi connectivity index (χ4v) is 2.04. The van der Waals surface area contributed by atoms with Crippen molar-refractivity contribution in [2.45, 2.75) is 40.2 Å². The Bertz CT molecular complexity index is 576. The van der Waals surface area contributed by atoms with Crippen molar-refractivity contribution in [3.05, 3.63) is 53.2 Å². The highest BCUT2D eigenvalue weighted by atomic mass is 16.5. The summed E-state index contributed by atoms with van der Waals surface area (Å²) in [4.78, 5) is 4.38. The number of rotatable bonds is 6. The number of nitrogens with one attached hydrogen (secondary N) is 1. The maximum atomic E-state index is 5.93. The van der Waals surface area contributed by atoms with Gasteiger partial charge in [-0.15, -0.1) is 0 Å².